The van der Waals surface area contributed by atoms with Crippen molar-refractivity contribution in [3.8, 4) is 5.88 Å². The minimum atomic E-state index is -0.488. The van der Waals surface area contributed by atoms with Crippen molar-refractivity contribution in [1.82, 2.24) is 9.88 Å². The van der Waals surface area contributed by atoms with E-state index in [1.165, 1.54) is 12.1 Å². The Morgan fingerprint density at radius 2 is 2.04 bits per heavy atom. The van der Waals surface area contributed by atoms with E-state index in [1.54, 1.807) is 0 Å². The van der Waals surface area contributed by atoms with Gasteiger partial charge in [-0.1, -0.05) is 0 Å². The highest BCUT2D eigenvalue weighted by molar-refractivity contribution is 5.69. The molecule has 1 aromatic heterocycles. The Morgan fingerprint density at radius 1 is 1.29 bits per heavy atom. The maximum atomic E-state index is 12.9. The van der Waals surface area contributed by atoms with Crippen molar-refractivity contribution in [3.05, 3.63) is 24.1 Å². The number of rotatable bonds is 3. The van der Waals surface area contributed by atoms with Gasteiger partial charge in [-0.2, -0.15) is 0 Å². The molecule has 0 unspecified atom stereocenters. The van der Waals surface area contributed by atoms with E-state index in [1.807, 2.05) is 25.7 Å². The summed E-state index contributed by atoms with van der Waals surface area (Å²) in [5.74, 6) is 0.290. The number of halogens is 1. The zero-order chi connectivity index (χ0) is 17.3. The minimum Gasteiger partial charge on any atom is -0.477 e. The average molecular weight is 336 g/mol. The molecule has 0 spiro atoms. The zero-order valence-electron chi connectivity index (χ0n) is 14.5. The lowest BCUT2D eigenvalue weighted by Crippen LogP contribution is -2.51. The van der Waals surface area contributed by atoms with Crippen LogP contribution in [0.4, 0.5) is 9.18 Å². The highest BCUT2D eigenvalue weighted by Gasteiger charge is 2.46. The third kappa shape index (κ3) is 3.79. The van der Waals surface area contributed by atoms with Gasteiger partial charge >= 0.3 is 6.09 Å². The van der Waals surface area contributed by atoms with Crippen molar-refractivity contribution in [1.29, 1.82) is 0 Å². The van der Waals surface area contributed by atoms with Gasteiger partial charge in [0.15, 0.2) is 0 Å². The van der Waals surface area contributed by atoms with Gasteiger partial charge in [0.1, 0.15) is 11.4 Å². The molecule has 6 heteroatoms. The summed E-state index contributed by atoms with van der Waals surface area (Å²) in [6.07, 6.45) is 4.93. The predicted molar refractivity (Wildman–Crippen MR) is 87.3 cm³/mol. The molecule has 2 fully saturated rings. The fraction of sp³-hybridized carbons (Fsp3) is 0.667. The smallest absolute Gasteiger partial charge is 0.410 e. The van der Waals surface area contributed by atoms with E-state index in [4.69, 9.17) is 9.47 Å². The molecule has 2 saturated heterocycles. The average Bonchev–Trinajstić information content (AvgIpc) is 2.82. The van der Waals surface area contributed by atoms with Crippen LogP contribution >= 0.6 is 0 Å². The van der Waals surface area contributed by atoms with Crippen molar-refractivity contribution in [2.75, 3.05) is 6.61 Å². The number of pyridine rings is 1. The van der Waals surface area contributed by atoms with E-state index in [-0.39, 0.29) is 29.9 Å². The summed E-state index contributed by atoms with van der Waals surface area (Å²) in [6, 6.07) is 3.30. The Kier molecular flexibility index (Phi) is 4.65. The summed E-state index contributed by atoms with van der Waals surface area (Å²) in [5, 5.41) is 0. The van der Waals surface area contributed by atoms with E-state index in [2.05, 4.69) is 4.98 Å². The first-order chi connectivity index (χ1) is 11.3. The van der Waals surface area contributed by atoms with Crippen molar-refractivity contribution < 1.29 is 18.7 Å². The number of carbonyl (C=O) groups is 1. The van der Waals surface area contributed by atoms with Crippen molar-refractivity contribution in [3.63, 3.8) is 0 Å². The predicted octanol–water partition coefficient (Wildman–Crippen LogP) is 3.78. The molecule has 2 aliphatic rings. The van der Waals surface area contributed by atoms with Crippen molar-refractivity contribution in [2.45, 2.75) is 64.1 Å². The van der Waals surface area contributed by atoms with E-state index < -0.39 is 5.60 Å². The molecular weight excluding hydrogens is 311 g/mol. The quantitative estimate of drug-likeness (QED) is 0.843. The third-order valence-corrected chi connectivity index (χ3v) is 4.71. The molecule has 5 nitrogen and oxygen atoms in total. The Labute approximate surface area is 142 Å². The van der Waals surface area contributed by atoms with Crippen LogP contribution in [0, 0.1) is 11.7 Å². The fourth-order valence-corrected chi connectivity index (χ4v) is 3.69. The highest BCUT2D eigenvalue weighted by atomic mass is 19.1. The molecule has 24 heavy (non-hydrogen) atoms. The van der Waals surface area contributed by atoms with Gasteiger partial charge in [-0.05, 0) is 52.5 Å². The number of hydrogen-bond donors (Lipinski definition) is 0. The Balaban J connectivity index is 1.63. The van der Waals surface area contributed by atoms with Gasteiger partial charge in [0.25, 0.3) is 0 Å². The van der Waals surface area contributed by atoms with Crippen molar-refractivity contribution >= 4 is 6.09 Å². The molecule has 1 amide bonds. The summed E-state index contributed by atoms with van der Waals surface area (Å²) in [4.78, 5) is 18.4. The minimum absolute atomic E-state index is 0.152. The van der Waals surface area contributed by atoms with E-state index in [0.29, 0.717) is 12.5 Å². The molecule has 0 N–H and O–H groups in total. The maximum absolute atomic E-state index is 12.9. The van der Waals surface area contributed by atoms with Crippen LogP contribution in [0.3, 0.4) is 0 Å². The van der Waals surface area contributed by atoms with Crippen LogP contribution in [0.5, 0.6) is 5.88 Å². The van der Waals surface area contributed by atoms with Gasteiger partial charge in [0.2, 0.25) is 5.88 Å². The summed E-state index contributed by atoms with van der Waals surface area (Å²) in [5.41, 5.74) is -0.488. The third-order valence-electron chi connectivity index (χ3n) is 4.71. The monoisotopic (exact) mass is 336 g/mol. The molecule has 2 bridgehead atoms. The number of fused-ring (bicyclic) bond motifs is 2. The number of nitrogens with zero attached hydrogens (tertiary/aromatic N) is 2. The molecular formula is C18H25FN2O3. The lowest BCUT2D eigenvalue weighted by Gasteiger charge is -2.40. The fourth-order valence-electron chi connectivity index (χ4n) is 3.69. The molecule has 2 aliphatic heterocycles. The zero-order valence-corrected chi connectivity index (χ0v) is 14.5. The van der Waals surface area contributed by atoms with Gasteiger partial charge in [-0.3, -0.25) is 0 Å². The summed E-state index contributed by atoms with van der Waals surface area (Å²) >= 11 is 0. The number of ether oxygens (including phenoxy) is 2. The summed E-state index contributed by atoms with van der Waals surface area (Å²) in [7, 11) is 0. The van der Waals surface area contributed by atoms with Crippen LogP contribution in [0.25, 0.3) is 0 Å². The Morgan fingerprint density at radius 3 is 2.71 bits per heavy atom. The first-order valence-electron chi connectivity index (χ1n) is 8.59. The Bertz CT molecular complexity index is 585. The van der Waals surface area contributed by atoms with Gasteiger partial charge < -0.3 is 14.4 Å². The maximum Gasteiger partial charge on any atom is 0.410 e. The van der Waals surface area contributed by atoms with E-state index >= 15 is 0 Å². The first-order valence-corrected chi connectivity index (χ1v) is 8.59. The van der Waals surface area contributed by atoms with Gasteiger partial charge in [-0.15, -0.1) is 0 Å². The standard InChI is InChI=1S/C18H25FN2O3/c1-18(2,3)24-17(22)21-14-6-4-12(15(21)8-7-14)11-23-16-9-5-13(19)10-20-16/h5,9-10,12,14-15H,4,6-8,11H2,1-3H3/t12-,14-,15+/m0/s1. The second-order valence-corrected chi connectivity index (χ2v) is 7.65. The normalized spacial score (nSPS) is 26.3. The van der Waals surface area contributed by atoms with Crippen LogP contribution in [0.15, 0.2) is 18.3 Å². The number of aromatic nitrogens is 1. The summed E-state index contributed by atoms with van der Waals surface area (Å²) in [6.45, 7) is 6.14. The Hall–Kier alpha value is -1.85. The van der Waals surface area contributed by atoms with Gasteiger partial charge in [0, 0.05) is 24.1 Å². The second-order valence-electron chi connectivity index (χ2n) is 7.65. The summed E-state index contributed by atoms with van der Waals surface area (Å²) < 4.78 is 24.2. The van der Waals surface area contributed by atoms with Gasteiger partial charge in [0.05, 0.1) is 12.8 Å². The van der Waals surface area contributed by atoms with Crippen molar-refractivity contribution in [2.24, 2.45) is 5.92 Å². The first kappa shape index (κ1) is 17.0. The van der Waals surface area contributed by atoms with Gasteiger partial charge in [-0.25, -0.2) is 14.2 Å². The lowest BCUT2D eigenvalue weighted by molar-refractivity contribution is -0.00608. The van der Waals surface area contributed by atoms with Crippen LogP contribution in [0.1, 0.15) is 46.5 Å². The molecule has 1 aromatic rings. The molecule has 0 aromatic carbocycles. The SMILES string of the molecule is CC(C)(C)OC(=O)N1[C@H]2CC[C@@H](COc3ccc(F)cn3)[C@H]1CC2. The van der Waals surface area contributed by atoms with E-state index in [9.17, 15) is 9.18 Å². The highest BCUT2D eigenvalue weighted by Crippen LogP contribution is 2.40. The lowest BCUT2D eigenvalue weighted by atomic mass is 9.91. The topological polar surface area (TPSA) is 51.7 Å². The second kappa shape index (κ2) is 6.57. The molecule has 3 rings (SSSR count). The molecule has 0 radical (unpaired) electrons. The van der Waals surface area contributed by atoms with Crippen LogP contribution in [0.2, 0.25) is 0 Å². The molecule has 0 aliphatic carbocycles. The van der Waals surface area contributed by atoms with Crippen LogP contribution in [-0.2, 0) is 4.74 Å². The van der Waals surface area contributed by atoms with Crippen LogP contribution in [-0.4, -0.2) is 40.3 Å². The number of amides is 1. The molecule has 3 atom stereocenters. The van der Waals surface area contributed by atoms with E-state index in [0.717, 1.165) is 31.9 Å². The number of hydrogen-bond acceptors (Lipinski definition) is 4. The number of carbonyl (C=O) groups excluding carboxylic acids is 1. The number of piperidine rings is 1. The van der Waals surface area contributed by atoms with Crippen LogP contribution < -0.4 is 4.74 Å². The molecule has 3 heterocycles. The molecule has 132 valence electrons. The largest absolute Gasteiger partial charge is 0.477 e. The molecule has 0 saturated carbocycles.